The first-order chi connectivity index (χ1) is 14.3. The third-order valence-electron chi connectivity index (χ3n) is 4.83. The third kappa shape index (κ3) is 4.61. The van der Waals surface area contributed by atoms with Gasteiger partial charge in [-0.3, -0.25) is 9.78 Å². The first-order valence-electron chi connectivity index (χ1n) is 9.62. The van der Waals surface area contributed by atoms with Gasteiger partial charge < -0.3 is 9.32 Å². The maximum atomic E-state index is 13.8. The van der Waals surface area contributed by atoms with Crippen LogP contribution in [0.4, 0.5) is 0 Å². The minimum atomic E-state index is -0.393. The van der Waals surface area contributed by atoms with E-state index in [0.29, 0.717) is 13.1 Å². The molecule has 0 N–H and O–H groups in total. The van der Waals surface area contributed by atoms with Gasteiger partial charge in [0.05, 0.1) is 31.0 Å². The van der Waals surface area contributed by atoms with Gasteiger partial charge in [0.15, 0.2) is 0 Å². The molecule has 0 aliphatic heterocycles. The molecule has 0 atom stereocenters. The van der Waals surface area contributed by atoms with E-state index in [4.69, 9.17) is 4.42 Å². The standard InChI is InChI=1S/C25H22N2O2/c28-25(24(20-10-3-1-4-11-20)21-12-5-2-6-13-21)27(19-23-15-9-17-29-23)18-22-14-7-8-16-26-22/h1-17,24H,18-19H2. The van der Waals surface area contributed by atoms with Gasteiger partial charge in [-0.05, 0) is 35.4 Å². The Kier molecular flexibility index (Phi) is 5.81. The molecule has 4 rings (SSSR count). The van der Waals surface area contributed by atoms with Gasteiger partial charge in [-0.25, -0.2) is 0 Å². The molecule has 0 spiro atoms. The summed E-state index contributed by atoms with van der Waals surface area (Å²) in [6.45, 7) is 0.801. The van der Waals surface area contributed by atoms with Gasteiger partial charge in [0.25, 0.3) is 0 Å². The zero-order valence-corrected chi connectivity index (χ0v) is 16.0. The van der Waals surface area contributed by atoms with E-state index in [2.05, 4.69) is 4.98 Å². The van der Waals surface area contributed by atoms with Crippen LogP contribution in [0.25, 0.3) is 0 Å². The highest BCUT2D eigenvalue weighted by atomic mass is 16.3. The number of aromatic nitrogens is 1. The van der Waals surface area contributed by atoms with Gasteiger partial charge in [0.1, 0.15) is 5.76 Å². The van der Waals surface area contributed by atoms with Crippen molar-refractivity contribution < 1.29 is 9.21 Å². The summed E-state index contributed by atoms with van der Waals surface area (Å²) < 4.78 is 5.53. The number of amides is 1. The Morgan fingerprint density at radius 1 is 0.793 bits per heavy atom. The fraction of sp³-hybridized carbons (Fsp3) is 0.120. The monoisotopic (exact) mass is 382 g/mol. The van der Waals surface area contributed by atoms with Gasteiger partial charge in [-0.15, -0.1) is 0 Å². The van der Waals surface area contributed by atoms with Crippen molar-refractivity contribution in [2.45, 2.75) is 19.0 Å². The molecule has 4 heteroatoms. The third-order valence-corrected chi connectivity index (χ3v) is 4.83. The Balaban J connectivity index is 1.71. The topological polar surface area (TPSA) is 46.3 Å². The molecule has 4 nitrogen and oxygen atoms in total. The number of furan rings is 1. The number of hydrogen-bond acceptors (Lipinski definition) is 3. The molecule has 29 heavy (non-hydrogen) atoms. The van der Waals surface area contributed by atoms with E-state index in [1.165, 1.54) is 0 Å². The average Bonchev–Trinajstić information content (AvgIpc) is 3.29. The number of hydrogen-bond donors (Lipinski definition) is 0. The lowest BCUT2D eigenvalue weighted by Crippen LogP contribution is -2.35. The number of benzene rings is 2. The van der Waals surface area contributed by atoms with Crippen LogP contribution in [0, 0.1) is 0 Å². The van der Waals surface area contributed by atoms with Crippen molar-refractivity contribution in [2.75, 3.05) is 0 Å². The number of rotatable bonds is 7. The molecule has 2 aromatic heterocycles. The van der Waals surface area contributed by atoms with Crippen LogP contribution in [-0.2, 0) is 17.9 Å². The first-order valence-corrected chi connectivity index (χ1v) is 9.62. The van der Waals surface area contributed by atoms with E-state index in [1.807, 2.05) is 95.9 Å². The summed E-state index contributed by atoms with van der Waals surface area (Å²) in [7, 11) is 0. The summed E-state index contributed by atoms with van der Waals surface area (Å²) in [5.41, 5.74) is 2.77. The molecule has 0 aliphatic carbocycles. The molecular formula is C25H22N2O2. The summed E-state index contributed by atoms with van der Waals surface area (Å²) in [4.78, 5) is 20.1. The van der Waals surface area contributed by atoms with Crippen molar-refractivity contribution in [1.82, 2.24) is 9.88 Å². The van der Waals surface area contributed by atoms with Crippen molar-refractivity contribution in [3.05, 3.63) is 126 Å². The Morgan fingerprint density at radius 3 is 2.00 bits per heavy atom. The summed E-state index contributed by atoms with van der Waals surface area (Å²) in [5.74, 6) is 0.370. The summed E-state index contributed by atoms with van der Waals surface area (Å²) >= 11 is 0. The molecule has 0 fully saturated rings. The van der Waals surface area contributed by atoms with E-state index in [1.54, 1.807) is 12.5 Å². The minimum absolute atomic E-state index is 0.0180. The lowest BCUT2D eigenvalue weighted by molar-refractivity contribution is -0.133. The molecule has 144 valence electrons. The first kappa shape index (κ1) is 18.7. The molecule has 2 heterocycles. The molecule has 0 radical (unpaired) electrons. The van der Waals surface area contributed by atoms with Gasteiger partial charge in [-0.1, -0.05) is 66.7 Å². The average molecular weight is 382 g/mol. The molecule has 0 saturated carbocycles. The number of pyridine rings is 1. The molecule has 0 bridgehead atoms. The van der Waals surface area contributed by atoms with Crippen molar-refractivity contribution in [1.29, 1.82) is 0 Å². The van der Waals surface area contributed by atoms with Crippen LogP contribution in [0.1, 0.15) is 28.5 Å². The predicted octanol–water partition coefficient (Wildman–Crippen LogP) is 5.04. The minimum Gasteiger partial charge on any atom is -0.467 e. The molecule has 0 unspecified atom stereocenters. The highest BCUT2D eigenvalue weighted by Gasteiger charge is 2.28. The SMILES string of the molecule is O=C(C(c1ccccc1)c1ccccc1)N(Cc1ccccn1)Cc1ccco1. The van der Waals surface area contributed by atoms with E-state index < -0.39 is 5.92 Å². The predicted molar refractivity (Wildman–Crippen MR) is 112 cm³/mol. The molecule has 0 saturated heterocycles. The maximum absolute atomic E-state index is 13.8. The van der Waals surface area contributed by atoms with Crippen molar-refractivity contribution >= 4 is 5.91 Å². The lowest BCUT2D eigenvalue weighted by Gasteiger charge is -2.27. The second kappa shape index (κ2) is 9.02. The fourth-order valence-electron chi connectivity index (χ4n) is 3.44. The van der Waals surface area contributed by atoms with Gasteiger partial charge in [0.2, 0.25) is 5.91 Å². The zero-order valence-electron chi connectivity index (χ0n) is 16.0. The zero-order chi connectivity index (χ0) is 19.9. The molecule has 1 amide bonds. The largest absolute Gasteiger partial charge is 0.467 e. The van der Waals surface area contributed by atoms with Crippen molar-refractivity contribution in [3.63, 3.8) is 0 Å². The second-order valence-corrected chi connectivity index (χ2v) is 6.85. The fourth-order valence-corrected chi connectivity index (χ4v) is 3.44. The highest BCUT2D eigenvalue weighted by Crippen LogP contribution is 2.28. The molecule has 4 aromatic rings. The second-order valence-electron chi connectivity index (χ2n) is 6.85. The van der Waals surface area contributed by atoms with Crippen LogP contribution in [0.15, 0.2) is 108 Å². The Labute approximate surface area is 170 Å². The number of carbonyl (C=O) groups is 1. The van der Waals surface area contributed by atoms with Crippen LogP contribution >= 0.6 is 0 Å². The molecule has 0 aliphatic rings. The quantitative estimate of drug-likeness (QED) is 0.450. The summed E-state index contributed by atoms with van der Waals surface area (Å²) in [5, 5.41) is 0. The van der Waals surface area contributed by atoms with Crippen LogP contribution in [0.2, 0.25) is 0 Å². The highest BCUT2D eigenvalue weighted by molar-refractivity contribution is 5.87. The van der Waals surface area contributed by atoms with Crippen molar-refractivity contribution in [2.24, 2.45) is 0 Å². The van der Waals surface area contributed by atoms with Gasteiger partial charge >= 0.3 is 0 Å². The smallest absolute Gasteiger partial charge is 0.235 e. The summed E-state index contributed by atoms with van der Waals surface area (Å²) in [6.07, 6.45) is 3.38. The van der Waals surface area contributed by atoms with E-state index in [-0.39, 0.29) is 5.91 Å². The normalized spacial score (nSPS) is 10.8. The summed E-state index contributed by atoms with van der Waals surface area (Å²) in [6, 6.07) is 29.3. The lowest BCUT2D eigenvalue weighted by atomic mass is 9.90. The van der Waals surface area contributed by atoms with Gasteiger partial charge in [0, 0.05) is 6.20 Å². The number of nitrogens with zero attached hydrogens (tertiary/aromatic N) is 2. The molecule has 2 aromatic carbocycles. The van der Waals surface area contributed by atoms with Crippen molar-refractivity contribution in [3.8, 4) is 0 Å². The van der Waals surface area contributed by atoms with Crippen LogP contribution in [-0.4, -0.2) is 15.8 Å². The van der Waals surface area contributed by atoms with E-state index in [9.17, 15) is 4.79 Å². The maximum Gasteiger partial charge on any atom is 0.235 e. The Morgan fingerprint density at radius 2 is 1.45 bits per heavy atom. The Bertz CT molecular complexity index is 977. The Hall–Kier alpha value is -3.66. The van der Waals surface area contributed by atoms with E-state index in [0.717, 1.165) is 22.6 Å². The van der Waals surface area contributed by atoms with Crippen LogP contribution in [0.3, 0.4) is 0 Å². The number of carbonyl (C=O) groups excluding carboxylic acids is 1. The van der Waals surface area contributed by atoms with Crippen LogP contribution in [0.5, 0.6) is 0 Å². The molecular weight excluding hydrogens is 360 g/mol. The van der Waals surface area contributed by atoms with Crippen LogP contribution < -0.4 is 0 Å². The van der Waals surface area contributed by atoms with E-state index >= 15 is 0 Å². The van der Waals surface area contributed by atoms with Gasteiger partial charge in [-0.2, -0.15) is 0 Å².